The Morgan fingerprint density at radius 2 is 2.21 bits per heavy atom. The zero-order valence-corrected chi connectivity index (χ0v) is 8.21. The van der Waals surface area contributed by atoms with Crippen molar-refractivity contribution < 1.29 is 4.74 Å². The molecule has 0 unspecified atom stereocenters. The van der Waals surface area contributed by atoms with Gasteiger partial charge < -0.3 is 15.9 Å². The second-order valence-electron chi connectivity index (χ2n) is 3.99. The van der Waals surface area contributed by atoms with Crippen LogP contribution in [0.3, 0.4) is 0 Å². The maximum Gasteiger partial charge on any atom is 0.122 e. The SMILES string of the molecule is CC1(Oc2ccc(C=N)c(N)c2)CC1. The highest BCUT2D eigenvalue weighted by Crippen LogP contribution is 2.39. The number of benzene rings is 1. The summed E-state index contributed by atoms with van der Waals surface area (Å²) in [7, 11) is 0. The minimum absolute atomic E-state index is 0.0264. The van der Waals surface area contributed by atoms with E-state index in [2.05, 4.69) is 6.92 Å². The molecule has 0 saturated heterocycles. The van der Waals surface area contributed by atoms with Crippen molar-refractivity contribution in [2.24, 2.45) is 0 Å². The van der Waals surface area contributed by atoms with Gasteiger partial charge in [0, 0.05) is 23.5 Å². The third-order valence-electron chi connectivity index (χ3n) is 2.53. The van der Waals surface area contributed by atoms with Crippen LogP contribution in [0.2, 0.25) is 0 Å². The lowest BCUT2D eigenvalue weighted by Gasteiger charge is -2.13. The molecule has 1 aromatic carbocycles. The molecule has 0 spiro atoms. The molecule has 0 radical (unpaired) electrons. The molecule has 3 nitrogen and oxygen atoms in total. The van der Waals surface area contributed by atoms with E-state index in [1.54, 1.807) is 6.07 Å². The van der Waals surface area contributed by atoms with Gasteiger partial charge in [0.05, 0.1) is 0 Å². The molecular formula is C11H14N2O. The van der Waals surface area contributed by atoms with E-state index in [9.17, 15) is 0 Å². The van der Waals surface area contributed by atoms with E-state index in [0.717, 1.165) is 24.2 Å². The van der Waals surface area contributed by atoms with Crippen molar-refractivity contribution in [1.29, 1.82) is 5.41 Å². The smallest absolute Gasteiger partial charge is 0.122 e. The van der Waals surface area contributed by atoms with Crippen molar-refractivity contribution in [1.82, 2.24) is 0 Å². The Morgan fingerprint density at radius 1 is 1.50 bits per heavy atom. The lowest BCUT2D eigenvalue weighted by atomic mass is 10.2. The molecule has 0 aliphatic heterocycles. The Labute approximate surface area is 83.4 Å². The predicted molar refractivity (Wildman–Crippen MR) is 57.0 cm³/mol. The Kier molecular flexibility index (Phi) is 1.95. The van der Waals surface area contributed by atoms with Crippen LogP contribution >= 0.6 is 0 Å². The first-order valence-electron chi connectivity index (χ1n) is 4.72. The molecule has 14 heavy (non-hydrogen) atoms. The van der Waals surface area contributed by atoms with Crippen molar-refractivity contribution in [2.75, 3.05) is 5.73 Å². The van der Waals surface area contributed by atoms with Gasteiger partial charge in [-0.3, -0.25) is 0 Å². The molecule has 74 valence electrons. The summed E-state index contributed by atoms with van der Waals surface area (Å²) >= 11 is 0. The summed E-state index contributed by atoms with van der Waals surface area (Å²) in [4.78, 5) is 0. The summed E-state index contributed by atoms with van der Waals surface area (Å²) in [5, 5.41) is 7.10. The number of anilines is 1. The van der Waals surface area contributed by atoms with Crippen LogP contribution in [0, 0.1) is 5.41 Å². The summed E-state index contributed by atoms with van der Waals surface area (Å²) in [5.41, 5.74) is 7.10. The molecule has 0 bridgehead atoms. The number of hydrogen-bond acceptors (Lipinski definition) is 3. The predicted octanol–water partition coefficient (Wildman–Crippen LogP) is 2.20. The number of nitrogens with one attached hydrogen (secondary N) is 1. The Bertz CT molecular complexity index is 370. The van der Waals surface area contributed by atoms with Gasteiger partial charge in [0.1, 0.15) is 11.4 Å². The normalized spacial score (nSPS) is 17.5. The Morgan fingerprint density at radius 3 is 2.71 bits per heavy atom. The van der Waals surface area contributed by atoms with Crippen LogP contribution in [-0.4, -0.2) is 11.8 Å². The van der Waals surface area contributed by atoms with E-state index < -0.39 is 0 Å². The van der Waals surface area contributed by atoms with Gasteiger partial charge in [0.25, 0.3) is 0 Å². The zero-order valence-electron chi connectivity index (χ0n) is 8.21. The number of nitrogen functional groups attached to an aromatic ring is 1. The highest BCUT2D eigenvalue weighted by Gasteiger charge is 2.40. The zero-order chi connectivity index (χ0) is 10.2. The molecule has 0 aromatic heterocycles. The fraction of sp³-hybridized carbons (Fsp3) is 0.364. The van der Waals surface area contributed by atoms with Gasteiger partial charge in [0.2, 0.25) is 0 Å². The molecule has 1 aromatic rings. The van der Waals surface area contributed by atoms with Gasteiger partial charge in [0.15, 0.2) is 0 Å². The van der Waals surface area contributed by atoms with Crippen molar-refractivity contribution in [2.45, 2.75) is 25.4 Å². The summed E-state index contributed by atoms with van der Waals surface area (Å²) in [6.45, 7) is 2.09. The summed E-state index contributed by atoms with van der Waals surface area (Å²) in [5.74, 6) is 0.799. The summed E-state index contributed by atoms with van der Waals surface area (Å²) < 4.78 is 5.74. The van der Waals surface area contributed by atoms with Crippen LogP contribution in [0.25, 0.3) is 0 Å². The van der Waals surface area contributed by atoms with Gasteiger partial charge in [-0.1, -0.05) is 0 Å². The number of ether oxygens (including phenoxy) is 1. The van der Waals surface area contributed by atoms with Crippen molar-refractivity contribution in [3.8, 4) is 5.75 Å². The molecule has 1 aliphatic carbocycles. The third kappa shape index (κ3) is 1.71. The first-order valence-corrected chi connectivity index (χ1v) is 4.72. The van der Waals surface area contributed by atoms with Gasteiger partial charge in [-0.15, -0.1) is 0 Å². The topological polar surface area (TPSA) is 59.1 Å². The van der Waals surface area contributed by atoms with E-state index in [0.29, 0.717) is 5.69 Å². The Hall–Kier alpha value is -1.51. The molecule has 1 saturated carbocycles. The molecule has 0 amide bonds. The lowest BCUT2D eigenvalue weighted by molar-refractivity contribution is 0.200. The quantitative estimate of drug-likeness (QED) is 0.567. The fourth-order valence-corrected chi connectivity index (χ4v) is 1.31. The minimum atomic E-state index is 0.0264. The van der Waals surface area contributed by atoms with E-state index in [1.165, 1.54) is 6.21 Å². The van der Waals surface area contributed by atoms with Crippen LogP contribution in [-0.2, 0) is 0 Å². The molecule has 3 N–H and O–H groups in total. The average molecular weight is 190 g/mol. The van der Waals surface area contributed by atoms with E-state index in [4.69, 9.17) is 15.9 Å². The first kappa shape index (κ1) is 9.06. The molecule has 0 atom stereocenters. The molecular weight excluding hydrogens is 176 g/mol. The van der Waals surface area contributed by atoms with Crippen molar-refractivity contribution in [3.63, 3.8) is 0 Å². The molecule has 3 heteroatoms. The van der Waals surface area contributed by atoms with Crippen LogP contribution in [0.1, 0.15) is 25.3 Å². The molecule has 1 fully saturated rings. The average Bonchev–Trinajstić information content (AvgIpc) is 2.84. The standard InChI is InChI=1S/C11H14N2O/c1-11(4-5-11)14-9-3-2-8(7-12)10(13)6-9/h2-3,6-7,12H,4-5,13H2,1H3. The van der Waals surface area contributed by atoms with Crippen molar-refractivity contribution >= 4 is 11.9 Å². The van der Waals surface area contributed by atoms with Crippen LogP contribution in [0.15, 0.2) is 18.2 Å². The number of rotatable bonds is 3. The van der Waals surface area contributed by atoms with E-state index in [1.807, 2.05) is 12.1 Å². The highest BCUT2D eigenvalue weighted by molar-refractivity contribution is 5.85. The van der Waals surface area contributed by atoms with E-state index in [-0.39, 0.29) is 5.60 Å². The van der Waals surface area contributed by atoms with Crippen LogP contribution < -0.4 is 10.5 Å². The highest BCUT2D eigenvalue weighted by atomic mass is 16.5. The monoisotopic (exact) mass is 190 g/mol. The first-order chi connectivity index (χ1) is 6.63. The maximum atomic E-state index is 7.10. The second-order valence-corrected chi connectivity index (χ2v) is 3.99. The molecule has 0 heterocycles. The maximum absolute atomic E-state index is 7.10. The second kappa shape index (κ2) is 3.01. The van der Waals surface area contributed by atoms with E-state index >= 15 is 0 Å². The molecule has 1 aliphatic rings. The van der Waals surface area contributed by atoms with Gasteiger partial charge in [-0.25, -0.2) is 0 Å². The lowest BCUT2D eigenvalue weighted by Crippen LogP contribution is -2.12. The molecule has 2 rings (SSSR count). The van der Waals surface area contributed by atoms with Crippen LogP contribution in [0.4, 0.5) is 5.69 Å². The third-order valence-corrected chi connectivity index (χ3v) is 2.53. The van der Waals surface area contributed by atoms with Gasteiger partial charge in [-0.2, -0.15) is 0 Å². The van der Waals surface area contributed by atoms with Crippen LogP contribution in [0.5, 0.6) is 5.75 Å². The van der Waals surface area contributed by atoms with Gasteiger partial charge in [-0.05, 0) is 31.9 Å². The van der Waals surface area contributed by atoms with Crippen molar-refractivity contribution in [3.05, 3.63) is 23.8 Å². The van der Waals surface area contributed by atoms with Gasteiger partial charge >= 0.3 is 0 Å². The largest absolute Gasteiger partial charge is 0.488 e. The Balaban J connectivity index is 2.19. The summed E-state index contributed by atoms with van der Waals surface area (Å²) in [6.07, 6.45) is 3.47. The number of hydrogen-bond donors (Lipinski definition) is 2. The fourth-order valence-electron chi connectivity index (χ4n) is 1.31. The summed E-state index contributed by atoms with van der Waals surface area (Å²) in [6, 6.07) is 5.45. The minimum Gasteiger partial charge on any atom is -0.488 e. The number of nitrogens with two attached hydrogens (primary N) is 1.